The summed E-state index contributed by atoms with van der Waals surface area (Å²) in [5.74, 6) is -1.33. The molecule has 0 radical (unpaired) electrons. The van der Waals surface area contributed by atoms with Gasteiger partial charge in [-0.2, -0.15) is 5.10 Å². The summed E-state index contributed by atoms with van der Waals surface area (Å²) in [6.45, 7) is 0. The van der Waals surface area contributed by atoms with Crippen molar-refractivity contribution in [3.63, 3.8) is 0 Å². The smallest absolute Gasteiger partial charge is 0.156 e. The number of nitrogen functional groups attached to an aromatic ring is 1. The Bertz CT molecular complexity index is 1100. The van der Waals surface area contributed by atoms with Crippen molar-refractivity contribution >= 4 is 28.5 Å². The standard InChI is InChI=1S/C15H8ClF2N7/c16-11-9(17)2-1-7(12(11)18)8-3-10(25-6-20-4-23-25)24-14-13(8)21-5-22-15(14)19/h1-6H,(H2,19,21,22). The first-order valence-electron chi connectivity index (χ1n) is 6.96. The van der Waals surface area contributed by atoms with Crippen LogP contribution >= 0.6 is 11.6 Å². The molecular formula is C15H8ClF2N7. The molecule has 2 N–H and O–H groups in total. The second-order valence-corrected chi connectivity index (χ2v) is 5.43. The predicted molar refractivity (Wildman–Crippen MR) is 87.0 cm³/mol. The molecule has 3 aromatic heterocycles. The van der Waals surface area contributed by atoms with E-state index in [0.717, 1.165) is 6.07 Å². The molecule has 1 aromatic carbocycles. The van der Waals surface area contributed by atoms with E-state index in [2.05, 4.69) is 25.0 Å². The minimum Gasteiger partial charge on any atom is -0.382 e. The largest absolute Gasteiger partial charge is 0.382 e. The third-order valence-electron chi connectivity index (χ3n) is 3.58. The van der Waals surface area contributed by atoms with Gasteiger partial charge in [0.05, 0.1) is 0 Å². The van der Waals surface area contributed by atoms with Gasteiger partial charge in [0.2, 0.25) is 0 Å². The minimum atomic E-state index is -0.907. The fraction of sp³-hybridized carbons (Fsp3) is 0. The number of nitrogens with two attached hydrogens (primary N) is 1. The molecule has 3 heterocycles. The Morgan fingerprint density at radius 3 is 2.64 bits per heavy atom. The van der Waals surface area contributed by atoms with Gasteiger partial charge in [0.15, 0.2) is 17.5 Å². The van der Waals surface area contributed by atoms with E-state index in [-0.39, 0.29) is 16.9 Å². The summed E-state index contributed by atoms with van der Waals surface area (Å²) in [7, 11) is 0. The van der Waals surface area contributed by atoms with Gasteiger partial charge in [0, 0.05) is 11.1 Å². The molecule has 0 unspecified atom stereocenters. The van der Waals surface area contributed by atoms with E-state index >= 15 is 0 Å². The van der Waals surface area contributed by atoms with E-state index in [1.807, 2.05) is 0 Å². The summed E-state index contributed by atoms with van der Waals surface area (Å²) in [6.07, 6.45) is 3.98. The minimum absolute atomic E-state index is 0.0539. The molecule has 124 valence electrons. The third-order valence-corrected chi connectivity index (χ3v) is 3.93. The van der Waals surface area contributed by atoms with Crippen LogP contribution in [0.4, 0.5) is 14.6 Å². The maximum Gasteiger partial charge on any atom is 0.156 e. The second-order valence-electron chi connectivity index (χ2n) is 5.05. The lowest BCUT2D eigenvalue weighted by Crippen LogP contribution is -2.04. The first-order valence-corrected chi connectivity index (χ1v) is 7.34. The number of aromatic nitrogens is 6. The highest BCUT2D eigenvalue weighted by Crippen LogP contribution is 2.34. The Hall–Kier alpha value is -3.20. The van der Waals surface area contributed by atoms with Gasteiger partial charge in [-0.1, -0.05) is 11.6 Å². The number of hydrogen-bond acceptors (Lipinski definition) is 6. The molecule has 0 fully saturated rings. The lowest BCUT2D eigenvalue weighted by Gasteiger charge is -2.11. The van der Waals surface area contributed by atoms with Gasteiger partial charge >= 0.3 is 0 Å². The molecule has 10 heteroatoms. The number of rotatable bonds is 2. The van der Waals surface area contributed by atoms with Gasteiger partial charge in [0.1, 0.15) is 40.9 Å². The molecule has 4 aromatic rings. The second kappa shape index (κ2) is 5.71. The summed E-state index contributed by atoms with van der Waals surface area (Å²) in [4.78, 5) is 16.2. The highest BCUT2D eigenvalue weighted by Gasteiger charge is 2.19. The van der Waals surface area contributed by atoms with Crippen LogP contribution < -0.4 is 5.73 Å². The van der Waals surface area contributed by atoms with E-state index in [9.17, 15) is 8.78 Å². The molecule has 0 bridgehead atoms. The van der Waals surface area contributed by atoms with Crippen molar-refractivity contribution in [3.8, 4) is 16.9 Å². The summed E-state index contributed by atoms with van der Waals surface area (Å²) in [5, 5.41) is 3.39. The van der Waals surface area contributed by atoms with Crippen LogP contribution in [0.2, 0.25) is 5.02 Å². The van der Waals surface area contributed by atoms with Crippen molar-refractivity contribution in [2.75, 3.05) is 5.73 Å². The Labute approximate surface area is 144 Å². The Morgan fingerprint density at radius 2 is 1.88 bits per heavy atom. The number of fused-ring (bicyclic) bond motifs is 1. The van der Waals surface area contributed by atoms with Crippen LogP contribution in [-0.2, 0) is 0 Å². The molecule has 0 saturated carbocycles. The normalized spacial score (nSPS) is 11.2. The molecule has 25 heavy (non-hydrogen) atoms. The zero-order chi connectivity index (χ0) is 17.6. The highest BCUT2D eigenvalue weighted by atomic mass is 35.5. The molecule has 0 aliphatic rings. The van der Waals surface area contributed by atoms with Crippen LogP contribution in [-0.4, -0.2) is 29.7 Å². The van der Waals surface area contributed by atoms with Crippen LogP contribution in [0.25, 0.3) is 28.0 Å². The zero-order valence-corrected chi connectivity index (χ0v) is 13.1. The van der Waals surface area contributed by atoms with Gasteiger partial charge in [0.25, 0.3) is 0 Å². The molecule has 7 nitrogen and oxygen atoms in total. The SMILES string of the molecule is Nc1ncnc2c(-c3ccc(F)c(Cl)c3F)cc(-n3cncn3)nc12. The molecule has 0 amide bonds. The number of nitrogens with zero attached hydrogens (tertiary/aromatic N) is 6. The summed E-state index contributed by atoms with van der Waals surface area (Å²) in [5.41, 5.74) is 6.81. The maximum atomic E-state index is 14.5. The lowest BCUT2D eigenvalue weighted by atomic mass is 10.0. The Balaban J connectivity index is 2.09. The van der Waals surface area contributed by atoms with Crippen molar-refractivity contribution in [1.29, 1.82) is 0 Å². The lowest BCUT2D eigenvalue weighted by molar-refractivity contribution is 0.586. The number of pyridine rings is 1. The first-order chi connectivity index (χ1) is 12.1. The Morgan fingerprint density at radius 1 is 1.04 bits per heavy atom. The van der Waals surface area contributed by atoms with E-state index in [1.54, 1.807) is 0 Å². The average Bonchev–Trinajstić information content (AvgIpc) is 3.14. The van der Waals surface area contributed by atoms with Gasteiger partial charge in [-0.05, 0) is 18.2 Å². The first kappa shape index (κ1) is 15.3. The van der Waals surface area contributed by atoms with Crippen LogP contribution in [0.3, 0.4) is 0 Å². The molecule has 0 atom stereocenters. The van der Waals surface area contributed by atoms with Crippen molar-refractivity contribution in [2.24, 2.45) is 0 Å². The van der Waals surface area contributed by atoms with Gasteiger partial charge in [-0.15, -0.1) is 0 Å². The third kappa shape index (κ3) is 2.45. The zero-order valence-electron chi connectivity index (χ0n) is 12.4. The predicted octanol–water partition coefficient (Wildman–Crippen LogP) is 2.79. The van der Waals surface area contributed by atoms with Gasteiger partial charge in [-0.25, -0.2) is 33.4 Å². The molecule has 0 saturated heterocycles. The average molecular weight is 360 g/mol. The number of halogens is 3. The molecule has 0 aliphatic carbocycles. The van der Waals surface area contributed by atoms with Crippen LogP contribution in [0.1, 0.15) is 0 Å². The summed E-state index contributed by atoms with van der Waals surface area (Å²) in [6, 6.07) is 3.89. The number of benzene rings is 1. The maximum absolute atomic E-state index is 14.5. The fourth-order valence-corrected chi connectivity index (χ4v) is 2.59. The van der Waals surface area contributed by atoms with E-state index in [0.29, 0.717) is 16.9 Å². The van der Waals surface area contributed by atoms with Crippen molar-refractivity contribution in [3.05, 3.63) is 53.8 Å². The molecule has 4 rings (SSSR count). The topological polar surface area (TPSA) is 95.4 Å². The van der Waals surface area contributed by atoms with E-state index in [4.69, 9.17) is 17.3 Å². The van der Waals surface area contributed by atoms with E-state index < -0.39 is 16.7 Å². The molecule has 0 spiro atoms. The summed E-state index contributed by atoms with van der Waals surface area (Å²) < 4.78 is 29.4. The van der Waals surface area contributed by atoms with Crippen LogP contribution in [0, 0.1) is 11.6 Å². The van der Waals surface area contributed by atoms with Gasteiger partial charge < -0.3 is 5.73 Å². The van der Waals surface area contributed by atoms with Crippen molar-refractivity contribution in [2.45, 2.75) is 0 Å². The Kier molecular flexibility index (Phi) is 3.50. The molecular weight excluding hydrogens is 352 g/mol. The quantitative estimate of drug-likeness (QED) is 0.553. The number of hydrogen-bond donors (Lipinski definition) is 1. The number of anilines is 1. The highest BCUT2D eigenvalue weighted by molar-refractivity contribution is 6.31. The summed E-state index contributed by atoms with van der Waals surface area (Å²) >= 11 is 5.70. The molecule has 0 aliphatic heterocycles. The van der Waals surface area contributed by atoms with Crippen molar-refractivity contribution < 1.29 is 8.78 Å². The van der Waals surface area contributed by atoms with Crippen LogP contribution in [0.5, 0.6) is 0 Å². The van der Waals surface area contributed by atoms with E-state index in [1.165, 1.54) is 35.8 Å². The van der Waals surface area contributed by atoms with Gasteiger partial charge in [-0.3, -0.25) is 0 Å². The van der Waals surface area contributed by atoms with Crippen LogP contribution in [0.15, 0.2) is 37.2 Å². The fourth-order valence-electron chi connectivity index (χ4n) is 2.43. The monoisotopic (exact) mass is 359 g/mol. The van der Waals surface area contributed by atoms with Crippen molar-refractivity contribution in [1.82, 2.24) is 29.7 Å².